The second kappa shape index (κ2) is 7.98. The number of thiophene rings is 1. The summed E-state index contributed by atoms with van der Waals surface area (Å²) in [5.74, 6) is 0.0439. The standard InChI is InChI=1S/C23H22N2O2S/c1-16-4-2-5-17(12-16)13-22(26)24-20-8-7-18-9-10-25(15-19(18)14-20)23(27)21-6-3-11-28-21/h2-8,11-12,14H,9-10,13,15H2,1H3,(H,24,26). The molecule has 0 saturated carbocycles. The summed E-state index contributed by atoms with van der Waals surface area (Å²) in [4.78, 5) is 27.7. The van der Waals surface area contributed by atoms with E-state index in [1.165, 1.54) is 16.9 Å². The van der Waals surface area contributed by atoms with Crippen molar-refractivity contribution in [3.8, 4) is 0 Å². The molecule has 2 aromatic carbocycles. The molecular weight excluding hydrogens is 368 g/mol. The van der Waals surface area contributed by atoms with Gasteiger partial charge in [-0.25, -0.2) is 0 Å². The predicted molar refractivity (Wildman–Crippen MR) is 113 cm³/mol. The van der Waals surface area contributed by atoms with Gasteiger partial charge in [-0.2, -0.15) is 0 Å². The molecule has 3 aromatic rings. The molecule has 1 aliphatic heterocycles. The van der Waals surface area contributed by atoms with E-state index in [-0.39, 0.29) is 11.8 Å². The summed E-state index contributed by atoms with van der Waals surface area (Å²) in [5.41, 5.74) is 5.27. The van der Waals surface area contributed by atoms with E-state index in [2.05, 4.69) is 11.4 Å². The molecule has 0 saturated heterocycles. The summed E-state index contributed by atoms with van der Waals surface area (Å²) in [7, 11) is 0. The van der Waals surface area contributed by atoms with Crippen molar-refractivity contribution in [3.63, 3.8) is 0 Å². The van der Waals surface area contributed by atoms with Crippen LogP contribution in [0, 0.1) is 6.92 Å². The van der Waals surface area contributed by atoms with Gasteiger partial charge in [0.2, 0.25) is 5.91 Å². The highest BCUT2D eigenvalue weighted by Crippen LogP contribution is 2.25. The molecule has 1 aromatic heterocycles. The Morgan fingerprint density at radius 3 is 2.75 bits per heavy atom. The molecule has 0 aliphatic carbocycles. The van der Waals surface area contributed by atoms with Crippen molar-refractivity contribution in [1.29, 1.82) is 0 Å². The normalized spacial score (nSPS) is 13.1. The van der Waals surface area contributed by atoms with Crippen LogP contribution < -0.4 is 5.32 Å². The van der Waals surface area contributed by atoms with Crippen molar-refractivity contribution in [2.75, 3.05) is 11.9 Å². The number of anilines is 1. The van der Waals surface area contributed by atoms with Crippen molar-refractivity contribution in [3.05, 3.63) is 87.1 Å². The molecule has 0 radical (unpaired) electrons. The van der Waals surface area contributed by atoms with Crippen molar-refractivity contribution in [2.24, 2.45) is 0 Å². The summed E-state index contributed by atoms with van der Waals surface area (Å²) in [6.45, 7) is 3.32. The van der Waals surface area contributed by atoms with Gasteiger partial charge in [0.1, 0.15) is 0 Å². The van der Waals surface area contributed by atoms with Crippen LogP contribution in [0.5, 0.6) is 0 Å². The van der Waals surface area contributed by atoms with E-state index in [0.29, 0.717) is 13.0 Å². The molecule has 142 valence electrons. The Morgan fingerprint density at radius 2 is 1.96 bits per heavy atom. The number of carbonyl (C=O) groups excluding carboxylic acids is 2. The minimum atomic E-state index is -0.0344. The second-order valence-electron chi connectivity index (χ2n) is 7.15. The van der Waals surface area contributed by atoms with Crippen LogP contribution in [-0.4, -0.2) is 23.3 Å². The number of amides is 2. The molecule has 0 atom stereocenters. The van der Waals surface area contributed by atoms with Crippen LogP contribution in [0.15, 0.2) is 60.0 Å². The fourth-order valence-electron chi connectivity index (χ4n) is 3.58. The monoisotopic (exact) mass is 390 g/mol. The number of carbonyl (C=O) groups is 2. The van der Waals surface area contributed by atoms with E-state index < -0.39 is 0 Å². The van der Waals surface area contributed by atoms with Crippen LogP contribution in [0.3, 0.4) is 0 Å². The maximum Gasteiger partial charge on any atom is 0.264 e. The number of rotatable bonds is 4. The molecule has 4 nitrogen and oxygen atoms in total. The first kappa shape index (κ1) is 18.4. The lowest BCUT2D eigenvalue weighted by atomic mass is 9.98. The molecule has 1 N–H and O–H groups in total. The third-order valence-corrected chi connectivity index (χ3v) is 5.83. The van der Waals surface area contributed by atoms with Gasteiger partial charge in [-0.3, -0.25) is 9.59 Å². The largest absolute Gasteiger partial charge is 0.333 e. The Morgan fingerprint density at radius 1 is 1.07 bits per heavy atom. The van der Waals surface area contributed by atoms with Crippen LogP contribution in [0.2, 0.25) is 0 Å². The first-order chi connectivity index (χ1) is 13.6. The molecule has 2 amide bonds. The number of fused-ring (bicyclic) bond motifs is 1. The van der Waals surface area contributed by atoms with E-state index in [0.717, 1.165) is 40.2 Å². The van der Waals surface area contributed by atoms with E-state index >= 15 is 0 Å². The number of nitrogens with zero attached hydrogens (tertiary/aromatic N) is 1. The summed E-state index contributed by atoms with van der Waals surface area (Å²) in [6.07, 6.45) is 1.19. The first-order valence-electron chi connectivity index (χ1n) is 9.38. The maximum absolute atomic E-state index is 12.6. The predicted octanol–water partition coefficient (Wildman–Crippen LogP) is 4.44. The van der Waals surface area contributed by atoms with Crippen LogP contribution in [0.1, 0.15) is 31.9 Å². The van der Waals surface area contributed by atoms with Crippen molar-refractivity contribution in [1.82, 2.24) is 4.90 Å². The van der Waals surface area contributed by atoms with Crippen LogP contribution in [-0.2, 0) is 24.2 Å². The highest BCUT2D eigenvalue weighted by Gasteiger charge is 2.22. The Bertz CT molecular complexity index is 1010. The zero-order chi connectivity index (χ0) is 19.5. The lowest BCUT2D eigenvalue weighted by molar-refractivity contribution is -0.115. The third-order valence-electron chi connectivity index (χ3n) is 4.97. The minimum Gasteiger partial charge on any atom is -0.333 e. The third kappa shape index (κ3) is 4.15. The molecule has 1 aliphatic rings. The highest BCUT2D eigenvalue weighted by molar-refractivity contribution is 7.12. The van der Waals surface area contributed by atoms with Gasteiger partial charge in [-0.1, -0.05) is 42.0 Å². The van der Waals surface area contributed by atoms with E-state index in [1.807, 2.05) is 65.7 Å². The van der Waals surface area contributed by atoms with E-state index in [4.69, 9.17) is 0 Å². The quantitative estimate of drug-likeness (QED) is 0.716. The zero-order valence-electron chi connectivity index (χ0n) is 15.8. The van der Waals surface area contributed by atoms with Gasteiger partial charge in [-0.15, -0.1) is 11.3 Å². The first-order valence-corrected chi connectivity index (χ1v) is 10.3. The Balaban J connectivity index is 1.44. The van der Waals surface area contributed by atoms with Crippen LogP contribution in [0.4, 0.5) is 5.69 Å². The fourth-order valence-corrected chi connectivity index (χ4v) is 4.27. The van der Waals surface area contributed by atoms with Gasteiger partial charge < -0.3 is 10.2 Å². The van der Waals surface area contributed by atoms with Crippen LogP contribution in [0.25, 0.3) is 0 Å². The lowest BCUT2D eigenvalue weighted by Gasteiger charge is -2.29. The van der Waals surface area contributed by atoms with E-state index in [9.17, 15) is 9.59 Å². The number of hydrogen-bond acceptors (Lipinski definition) is 3. The van der Waals surface area contributed by atoms with E-state index in [1.54, 1.807) is 0 Å². The average Bonchev–Trinajstić information content (AvgIpc) is 3.21. The highest BCUT2D eigenvalue weighted by atomic mass is 32.1. The van der Waals surface area contributed by atoms with Crippen molar-refractivity contribution < 1.29 is 9.59 Å². The molecule has 28 heavy (non-hydrogen) atoms. The summed E-state index contributed by atoms with van der Waals surface area (Å²) in [6, 6.07) is 17.8. The molecule has 4 rings (SSSR count). The summed E-state index contributed by atoms with van der Waals surface area (Å²) < 4.78 is 0. The van der Waals surface area contributed by atoms with Crippen LogP contribution >= 0.6 is 11.3 Å². The fraction of sp³-hybridized carbons (Fsp3) is 0.217. The molecule has 0 spiro atoms. The van der Waals surface area contributed by atoms with Gasteiger partial charge >= 0.3 is 0 Å². The Hall–Kier alpha value is -2.92. The van der Waals surface area contributed by atoms with Gasteiger partial charge in [0.05, 0.1) is 11.3 Å². The minimum absolute atomic E-state index is 0.0344. The zero-order valence-corrected chi connectivity index (χ0v) is 16.6. The second-order valence-corrected chi connectivity index (χ2v) is 8.10. The van der Waals surface area contributed by atoms with Crippen molar-refractivity contribution >= 4 is 28.8 Å². The topological polar surface area (TPSA) is 49.4 Å². The van der Waals surface area contributed by atoms with Gasteiger partial charge in [-0.05, 0) is 53.6 Å². The number of aryl methyl sites for hydroxylation is 1. The van der Waals surface area contributed by atoms with Gasteiger partial charge in [0.15, 0.2) is 0 Å². The van der Waals surface area contributed by atoms with Crippen molar-refractivity contribution in [2.45, 2.75) is 26.3 Å². The molecule has 5 heteroatoms. The maximum atomic E-state index is 12.6. The Labute approximate surface area is 168 Å². The smallest absolute Gasteiger partial charge is 0.264 e. The molecule has 0 fully saturated rings. The van der Waals surface area contributed by atoms with Gasteiger partial charge in [0.25, 0.3) is 5.91 Å². The summed E-state index contributed by atoms with van der Waals surface area (Å²) in [5, 5.41) is 4.91. The Kier molecular flexibility index (Phi) is 5.26. The summed E-state index contributed by atoms with van der Waals surface area (Å²) >= 11 is 1.47. The molecule has 0 bridgehead atoms. The number of nitrogens with one attached hydrogen (secondary N) is 1. The molecule has 0 unspecified atom stereocenters. The number of benzene rings is 2. The molecule has 2 heterocycles. The lowest BCUT2D eigenvalue weighted by Crippen LogP contribution is -2.35. The SMILES string of the molecule is Cc1cccc(CC(=O)Nc2ccc3c(c2)CN(C(=O)c2cccs2)CC3)c1. The average molecular weight is 391 g/mol. The van der Waals surface area contributed by atoms with Gasteiger partial charge in [0, 0.05) is 18.8 Å². The number of hydrogen-bond donors (Lipinski definition) is 1. The molecular formula is C23H22N2O2S.